The van der Waals surface area contributed by atoms with Crippen LogP contribution in [0, 0.1) is 11.3 Å². The van der Waals surface area contributed by atoms with Crippen LogP contribution in [0.3, 0.4) is 0 Å². The van der Waals surface area contributed by atoms with Gasteiger partial charge in [0.05, 0.1) is 11.5 Å². The van der Waals surface area contributed by atoms with Crippen LogP contribution >= 0.6 is 0 Å². The summed E-state index contributed by atoms with van der Waals surface area (Å²) in [5.74, 6) is 1.24. The molecule has 12 heavy (non-hydrogen) atoms. The Morgan fingerprint density at radius 1 is 1.33 bits per heavy atom. The van der Waals surface area contributed by atoms with Crippen LogP contribution in [0.15, 0.2) is 0 Å². The fourth-order valence-corrected chi connectivity index (χ4v) is 3.76. The molecule has 0 aromatic heterocycles. The number of rotatable bonds is 1. The lowest BCUT2D eigenvalue weighted by Crippen LogP contribution is -2.14. The van der Waals surface area contributed by atoms with Gasteiger partial charge in [0.15, 0.2) is 9.84 Å². The van der Waals surface area contributed by atoms with Crippen molar-refractivity contribution in [2.75, 3.05) is 11.5 Å². The Balaban J connectivity index is 2.49. The van der Waals surface area contributed by atoms with E-state index in [0.29, 0.717) is 17.4 Å². The van der Waals surface area contributed by atoms with Gasteiger partial charge in [0.25, 0.3) is 0 Å². The molecule has 0 N–H and O–H groups in total. The van der Waals surface area contributed by atoms with Gasteiger partial charge < -0.3 is 0 Å². The molecule has 0 aromatic carbocycles. The topological polar surface area (TPSA) is 34.1 Å². The largest absolute Gasteiger partial charge is 0.229 e. The maximum Gasteiger partial charge on any atom is 0.150 e. The van der Waals surface area contributed by atoms with Crippen LogP contribution in [-0.4, -0.2) is 19.9 Å². The molecule has 0 unspecified atom stereocenters. The van der Waals surface area contributed by atoms with Crippen LogP contribution in [0.2, 0.25) is 0 Å². The molecule has 0 aliphatic carbocycles. The van der Waals surface area contributed by atoms with E-state index in [-0.39, 0.29) is 5.41 Å². The molecule has 1 fully saturated rings. The first-order chi connectivity index (χ1) is 5.29. The minimum atomic E-state index is -2.67. The van der Waals surface area contributed by atoms with Gasteiger partial charge in [0, 0.05) is 0 Å². The Bertz CT molecular complexity index is 246. The van der Waals surface area contributed by atoms with Crippen molar-refractivity contribution < 1.29 is 8.42 Å². The van der Waals surface area contributed by atoms with Crippen molar-refractivity contribution in [2.45, 2.75) is 33.6 Å². The van der Waals surface area contributed by atoms with Crippen LogP contribution in [-0.2, 0) is 9.84 Å². The molecule has 72 valence electrons. The molecule has 0 spiro atoms. The van der Waals surface area contributed by atoms with E-state index in [0.717, 1.165) is 12.8 Å². The van der Waals surface area contributed by atoms with E-state index in [9.17, 15) is 8.42 Å². The molecule has 0 bridgehead atoms. The molecule has 3 heteroatoms. The third-order valence-electron chi connectivity index (χ3n) is 2.23. The molecule has 0 aromatic rings. The molecular formula is C9H18O2S. The third-order valence-corrected chi connectivity index (χ3v) is 4.06. The lowest BCUT2D eigenvalue weighted by molar-refractivity contribution is 0.311. The van der Waals surface area contributed by atoms with E-state index in [4.69, 9.17) is 0 Å². The lowest BCUT2D eigenvalue weighted by atomic mass is 9.84. The highest BCUT2D eigenvalue weighted by Crippen LogP contribution is 2.31. The van der Waals surface area contributed by atoms with E-state index in [1.165, 1.54) is 0 Å². The van der Waals surface area contributed by atoms with Gasteiger partial charge in [-0.1, -0.05) is 20.8 Å². The van der Waals surface area contributed by atoms with Crippen molar-refractivity contribution in [3.63, 3.8) is 0 Å². The summed E-state index contributed by atoms with van der Waals surface area (Å²) >= 11 is 0. The summed E-state index contributed by atoms with van der Waals surface area (Å²) in [5.41, 5.74) is 0.268. The minimum Gasteiger partial charge on any atom is -0.229 e. The molecule has 1 heterocycles. The average Bonchev–Trinajstić information content (AvgIpc) is 2.05. The van der Waals surface area contributed by atoms with Crippen molar-refractivity contribution >= 4 is 9.84 Å². The van der Waals surface area contributed by atoms with Crippen LogP contribution in [0.5, 0.6) is 0 Å². The van der Waals surface area contributed by atoms with Gasteiger partial charge >= 0.3 is 0 Å². The van der Waals surface area contributed by atoms with E-state index < -0.39 is 9.84 Å². The fraction of sp³-hybridized carbons (Fsp3) is 1.00. The van der Waals surface area contributed by atoms with Gasteiger partial charge in [-0.25, -0.2) is 8.42 Å². The molecule has 0 amide bonds. The average molecular weight is 190 g/mol. The van der Waals surface area contributed by atoms with Gasteiger partial charge in [-0.15, -0.1) is 0 Å². The molecule has 1 atom stereocenters. The minimum absolute atomic E-state index is 0.268. The van der Waals surface area contributed by atoms with E-state index in [2.05, 4.69) is 20.8 Å². The fourth-order valence-electron chi connectivity index (χ4n) is 1.90. The highest BCUT2D eigenvalue weighted by molar-refractivity contribution is 7.91. The molecular weight excluding hydrogens is 172 g/mol. The summed E-state index contributed by atoms with van der Waals surface area (Å²) in [6.45, 7) is 6.49. The second kappa shape index (κ2) is 3.02. The van der Waals surface area contributed by atoms with Gasteiger partial charge in [0.2, 0.25) is 0 Å². The first-order valence-electron chi connectivity index (χ1n) is 4.49. The maximum absolute atomic E-state index is 11.1. The summed E-state index contributed by atoms with van der Waals surface area (Å²) in [6.07, 6.45) is 1.91. The Morgan fingerprint density at radius 2 is 1.92 bits per heavy atom. The molecule has 0 saturated carbocycles. The quantitative estimate of drug-likeness (QED) is 0.632. The van der Waals surface area contributed by atoms with Crippen molar-refractivity contribution in [3.8, 4) is 0 Å². The predicted octanol–water partition coefficient (Wildman–Crippen LogP) is 1.86. The van der Waals surface area contributed by atoms with Gasteiger partial charge in [-0.2, -0.15) is 0 Å². The van der Waals surface area contributed by atoms with Crippen LogP contribution in [0.4, 0.5) is 0 Å². The second-order valence-electron chi connectivity index (χ2n) is 5.03. The summed E-state index contributed by atoms with van der Waals surface area (Å²) < 4.78 is 22.3. The van der Waals surface area contributed by atoms with Gasteiger partial charge in [-0.05, 0) is 24.2 Å². The molecule has 1 saturated heterocycles. The van der Waals surface area contributed by atoms with Gasteiger partial charge in [-0.3, -0.25) is 0 Å². The molecule has 1 rings (SSSR count). The Hall–Kier alpha value is -0.0500. The van der Waals surface area contributed by atoms with Crippen molar-refractivity contribution in [3.05, 3.63) is 0 Å². The van der Waals surface area contributed by atoms with E-state index in [1.807, 2.05) is 0 Å². The van der Waals surface area contributed by atoms with Gasteiger partial charge in [0.1, 0.15) is 0 Å². The molecule has 2 nitrogen and oxygen atoms in total. The highest BCUT2D eigenvalue weighted by atomic mass is 32.2. The standard InChI is InChI=1S/C9H18O2S/c1-9(2,3)6-8-4-5-12(10,11)7-8/h8H,4-7H2,1-3H3/t8-/m1/s1. The summed E-state index contributed by atoms with van der Waals surface area (Å²) in [5, 5.41) is 0. The highest BCUT2D eigenvalue weighted by Gasteiger charge is 2.30. The van der Waals surface area contributed by atoms with Crippen molar-refractivity contribution in [1.82, 2.24) is 0 Å². The second-order valence-corrected chi connectivity index (χ2v) is 7.26. The summed E-state index contributed by atoms with van der Waals surface area (Å²) in [6, 6.07) is 0. The van der Waals surface area contributed by atoms with Crippen LogP contribution < -0.4 is 0 Å². The van der Waals surface area contributed by atoms with E-state index >= 15 is 0 Å². The summed E-state index contributed by atoms with van der Waals surface area (Å²) in [7, 11) is -2.67. The molecule has 1 aliphatic heterocycles. The maximum atomic E-state index is 11.1. The van der Waals surface area contributed by atoms with Crippen molar-refractivity contribution in [2.24, 2.45) is 11.3 Å². The first kappa shape index (κ1) is 10.0. The molecule has 0 radical (unpaired) electrons. The smallest absolute Gasteiger partial charge is 0.150 e. The number of hydrogen-bond acceptors (Lipinski definition) is 2. The number of hydrogen-bond donors (Lipinski definition) is 0. The summed E-state index contributed by atoms with van der Waals surface area (Å²) in [4.78, 5) is 0. The zero-order chi connectivity index (χ0) is 9.41. The third kappa shape index (κ3) is 3.13. The SMILES string of the molecule is CC(C)(C)C[C@H]1CCS(=O)(=O)C1. The predicted molar refractivity (Wildman–Crippen MR) is 50.8 cm³/mol. The first-order valence-corrected chi connectivity index (χ1v) is 6.31. The zero-order valence-electron chi connectivity index (χ0n) is 8.13. The number of sulfone groups is 1. The lowest BCUT2D eigenvalue weighted by Gasteiger charge is -2.21. The normalized spacial score (nSPS) is 29.1. The zero-order valence-corrected chi connectivity index (χ0v) is 8.95. The Kier molecular flexibility index (Phi) is 2.52. The van der Waals surface area contributed by atoms with Crippen LogP contribution in [0.25, 0.3) is 0 Å². The van der Waals surface area contributed by atoms with E-state index in [1.54, 1.807) is 0 Å². The van der Waals surface area contributed by atoms with Crippen LogP contribution in [0.1, 0.15) is 33.6 Å². The van der Waals surface area contributed by atoms with Crippen molar-refractivity contribution in [1.29, 1.82) is 0 Å². The molecule has 1 aliphatic rings. The Labute approximate surface area is 75.3 Å². The Morgan fingerprint density at radius 3 is 2.25 bits per heavy atom. The monoisotopic (exact) mass is 190 g/mol.